The standard InChI is InChI=1S/C14H17N3O/c1-17(14(18)6-13-8-16-9-13)10-12-4-2-3-11(5-12)7-15/h2-5,13,16H,6,8-10H2,1H3. The molecule has 1 amide bonds. The molecule has 18 heavy (non-hydrogen) atoms. The van der Waals surface area contributed by atoms with Crippen LogP contribution in [0.3, 0.4) is 0 Å². The Morgan fingerprint density at radius 2 is 2.33 bits per heavy atom. The van der Waals surface area contributed by atoms with E-state index in [1.165, 1.54) is 0 Å². The van der Waals surface area contributed by atoms with Crippen molar-refractivity contribution < 1.29 is 4.79 Å². The summed E-state index contributed by atoms with van der Waals surface area (Å²) in [6, 6.07) is 9.50. The minimum absolute atomic E-state index is 0.170. The molecule has 1 aliphatic rings. The molecule has 0 aromatic heterocycles. The Balaban J connectivity index is 1.91. The Morgan fingerprint density at radius 1 is 1.56 bits per heavy atom. The van der Waals surface area contributed by atoms with Gasteiger partial charge in [0.05, 0.1) is 11.6 Å². The lowest BCUT2D eigenvalue weighted by molar-refractivity contribution is -0.131. The highest BCUT2D eigenvalue weighted by Gasteiger charge is 2.21. The molecule has 0 atom stereocenters. The molecule has 0 unspecified atom stereocenters. The first-order chi connectivity index (χ1) is 8.69. The second-order valence-electron chi connectivity index (χ2n) is 4.79. The van der Waals surface area contributed by atoms with Crippen LogP contribution in [0.1, 0.15) is 17.5 Å². The maximum Gasteiger partial charge on any atom is 0.222 e. The van der Waals surface area contributed by atoms with Gasteiger partial charge in [-0.3, -0.25) is 4.79 Å². The molecule has 1 saturated heterocycles. The first-order valence-electron chi connectivity index (χ1n) is 6.13. The van der Waals surface area contributed by atoms with Gasteiger partial charge in [0.2, 0.25) is 5.91 Å². The zero-order valence-corrected chi connectivity index (χ0v) is 10.5. The second-order valence-corrected chi connectivity index (χ2v) is 4.79. The van der Waals surface area contributed by atoms with Crippen LogP contribution in [0.15, 0.2) is 24.3 Å². The van der Waals surface area contributed by atoms with Crippen LogP contribution in [0.5, 0.6) is 0 Å². The third-order valence-corrected chi connectivity index (χ3v) is 3.23. The van der Waals surface area contributed by atoms with Gasteiger partial charge in [0, 0.05) is 20.0 Å². The zero-order chi connectivity index (χ0) is 13.0. The third-order valence-electron chi connectivity index (χ3n) is 3.23. The molecule has 1 aliphatic heterocycles. The van der Waals surface area contributed by atoms with Crippen molar-refractivity contribution in [3.8, 4) is 6.07 Å². The maximum atomic E-state index is 11.9. The summed E-state index contributed by atoms with van der Waals surface area (Å²) in [4.78, 5) is 13.7. The Morgan fingerprint density at radius 3 is 2.94 bits per heavy atom. The normalized spacial score (nSPS) is 14.7. The van der Waals surface area contributed by atoms with Crippen LogP contribution in [0.2, 0.25) is 0 Å². The summed E-state index contributed by atoms with van der Waals surface area (Å²) in [6.07, 6.45) is 0.613. The van der Waals surface area contributed by atoms with Crippen molar-refractivity contribution in [1.29, 1.82) is 5.26 Å². The van der Waals surface area contributed by atoms with Crippen LogP contribution in [0, 0.1) is 17.2 Å². The van der Waals surface area contributed by atoms with Gasteiger partial charge < -0.3 is 10.2 Å². The van der Waals surface area contributed by atoms with Crippen molar-refractivity contribution in [3.63, 3.8) is 0 Å². The number of amides is 1. The molecule has 1 aromatic carbocycles. The van der Waals surface area contributed by atoms with Crippen LogP contribution in [0.4, 0.5) is 0 Å². The average molecular weight is 243 g/mol. The molecule has 2 rings (SSSR count). The zero-order valence-electron chi connectivity index (χ0n) is 10.5. The van der Waals surface area contributed by atoms with Crippen LogP contribution in [0.25, 0.3) is 0 Å². The summed E-state index contributed by atoms with van der Waals surface area (Å²) in [5, 5.41) is 12.0. The summed E-state index contributed by atoms with van der Waals surface area (Å²) >= 11 is 0. The highest BCUT2D eigenvalue weighted by atomic mass is 16.2. The summed E-state index contributed by atoms with van der Waals surface area (Å²) < 4.78 is 0. The number of nitrogens with one attached hydrogen (secondary N) is 1. The van der Waals surface area contributed by atoms with Gasteiger partial charge in [-0.1, -0.05) is 12.1 Å². The fourth-order valence-electron chi connectivity index (χ4n) is 2.00. The molecule has 1 N–H and O–H groups in total. The predicted molar refractivity (Wildman–Crippen MR) is 68.6 cm³/mol. The highest BCUT2D eigenvalue weighted by Crippen LogP contribution is 2.12. The van der Waals surface area contributed by atoms with Gasteiger partial charge in [-0.25, -0.2) is 0 Å². The van der Waals surface area contributed by atoms with Crippen molar-refractivity contribution in [2.45, 2.75) is 13.0 Å². The third kappa shape index (κ3) is 3.08. The minimum Gasteiger partial charge on any atom is -0.341 e. The minimum atomic E-state index is 0.170. The van der Waals surface area contributed by atoms with Crippen molar-refractivity contribution in [1.82, 2.24) is 10.2 Å². The van der Waals surface area contributed by atoms with Crippen LogP contribution in [-0.2, 0) is 11.3 Å². The molecule has 0 spiro atoms. The van der Waals surface area contributed by atoms with Crippen molar-refractivity contribution >= 4 is 5.91 Å². The highest BCUT2D eigenvalue weighted by molar-refractivity contribution is 5.76. The smallest absolute Gasteiger partial charge is 0.222 e. The van der Waals surface area contributed by atoms with E-state index >= 15 is 0 Å². The summed E-state index contributed by atoms with van der Waals surface area (Å²) in [6.45, 7) is 2.46. The van der Waals surface area contributed by atoms with Gasteiger partial charge in [0.25, 0.3) is 0 Å². The van der Waals surface area contributed by atoms with Crippen LogP contribution >= 0.6 is 0 Å². The van der Waals surface area contributed by atoms with Crippen molar-refractivity contribution in [2.75, 3.05) is 20.1 Å². The Labute approximate surface area is 107 Å². The molecule has 0 saturated carbocycles. The van der Waals surface area contributed by atoms with E-state index in [1.54, 1.807) is 11.0 Å². The quantitative estimate of drug-likeness (QED) is 0.862. The van der Waals surface area contributed by atoms with E-state index in [0.717, 1.165) is 18.7 Å². The van der Waals surface area contributed by atoms with E-state index in [4.69, 9.17) is 5.26 Å². The van der Waals surface area contributed by atoms with Gasteiger partial charge >= 0.3 is 0 Å². The van der Waals surface area contributed by atoms with E-state index in [-0.39, 0.29) is 5.91 Å². The molecule has 94 valence electrons. The SMILES string of the molecule is CN(Cc1cccc(C#N)c1)C(=O)CC1CNC1. The Bertz CT molecular complexity index is 474. The molecular formula is C14H17N3O. The summed E-state index contributed by atoms with van der Waals surface area (Å²) in [5.74, 6) is 0.661. The molecule has 1 fully saturated rings. The number of hydrogen-bond acceptors (Lipinski definition) is 3. The number of nitriles is 1. The first-order valence-corrected chi connectivity index (χ1v) is 6.13. The maximum absolute atomic E-state index is 11.9. The van der Waals surface area contributed by atoms with Gasteiger partial charge in [-0.15, -0.1) is 0 Å². The first kappa shape index (κ1) is 12.6. The Kier molecular flexibility index (Phi) is 3.96. The fraction of sp³-hybridized carbons (Fsp3) is 0.429. The van der Waals surface area contributed by atoms with Gasteiger partial charge in [-0.05, 0) is 36.7 Å². The molecule has 4 heteroatoms. The van der Waals surface area contributed by atoms with E-state index in [2.05, 4.69) is 11.4 Å². The molecule has 1 heterocycles. The van der Waals surface area contributed by atoms with E-state index in [9.17, 15) is 4.79 Å². The largest absolute Gasteiger partial charge is 0.341 e. The monoisotopic (exact) mass is 243 g/mol. The molecule has 0 bridgehead atoms. The summed E-state index contributed by atoms with van der Waals surface area (Å²) in [7, 11) is 1.81. The van der Waals surface area contributed by atoms with E-state index in [0.29, 0.717) is 24.4 Å². The van der Waals surface area contributed by atoms with Gasteiger partial charge in [0.15, 0.2) is 0 Å². The molecule has 1 aromatic rings. The predicted octanol–water partition coefficient (Wildman–Crippen LogP) is 1.13. The lowest BCUT2D eigenvalue weighted by Crippen LogP contribution is -2.44. The van der Waals surface area contributed by atoms with E-state index < -0.39 is 0 Å². The number of nitrogens with zero attached hydrogens (tertiary/aromatic N) is 2. The summed E-state index contributed by atoms with van der Waals surface area (Å²) in [5.41, 5.74) is 1.63. The number of carbonyl (C=O) groups is 1. The average Bonchev–Trinajstić information content (AvgIpc) is 2.33. The topological polar surface area (TPSA) is 56.1 Å². The van der Waals surface area contributed by atoms with Crippen LogP contribution < -0.4 is 5.32 Å². The molecular weight excluding hydrogens is 226 g/mol. The number of hydrogen-bond donors (Lipinski definition) is 1. The second kappa shape index (κ2) is 5.65. The van der Waals surface area contributed by atoms with Gasteiger partial charge in [-0.2, -0.15) is 5.26 Å². The van der Waals surface area contributed by atoms with Crippen molar-refractivity contribution in [2.24, 2.45) is 5.92 Å². The lowest BCUT2D eigenvalue weighted by Gasteiger charge is -2.28. The number of benzene rings is 1. The Hall–Kier alpha value is -1.86. The van der Waals surface area contributed by atoms with Crippen molar-refractivity contribution in [3.05, 3.63) is 35.4 Å². The van der Waals surface area contributed by atoms with E-state index in [1.807, 2.05) is 25.2 Å². The lowest BCUT2D eigenvalue weighted by atomic mass is 9.98. The number of carbonyl (C=O) groups excluding carboxylic acids is 1. The number of rotatable bonds is 4. The molecule has 0 aliphatic carbocycles. The molecule has 0 radical (unpaired) electrons. The fourth-order valence-corrected chi connectivity index (χ4v) is 2.00. The molecule has 4 nitrogen and oxygen atoms in total. The van der Waals surface area contributed by atoms with Gasteiger partial charge in [0.1, 0.15) is 0 Å². The van der Waals surface area contributed by atoms with Crippen LogP contribution in [-0.4, -0.2) is 30.9 Å².